The predicted octanol–water partition coefficient (Wildman–Crippen LogP) is 4.57. The van der Waals surface area contributed by atoms with E-state index in [2.05, 4.69) is 75.4 Å². The summed E-state index contributed by atoms with van der Waals surface area (Å²) in [6.45, 7) is 9.18. The molecule has 1 N–H and O–H groups in total. The topological polar surface area (TPSA) is 70.7 Å². The highest BCUT2D eigenvalue weighted by Crippen LogP contribution is 2.25. The quantitative estimate of drug-likeness (QED) is 0.419. The van der Waals surface area contributed by atoms with Gasteiger partial charge in [0.1, 0.15) is 5.82 Å². The van der Waals surface area contributed by atoms with Crippen LogP contribution >= 0.6 is 0 Å². The molecule has 0 radical (unpaired) electrons. The molecular formula is C25H27N7. The fourth-order valence-corrected chi connectivity index (χ4v) is 3.75. The van der Waals surface area contributed by atoms with Crippen LogP contribution < -0.4 is 5.32 Å². The average molecular weight is 426 g/mol. The molecule has 0 fully saturated rings. The normalized spacial score (nSPS) is 11.8. The van der Waals surface area contributed by atoms with Crippen LogP contribution in [0.2, 0.25) is 0 Å². The molecule has 0 bridgehead atoms. The Morgan fingerprint density at radius 1 is 1.03 bits per heavy atom. The van der Waals surface area contributed by atoms with E-state index in [1.54, 1.807) is 0 Å². The molecule has 7 heteroatoms. The molecule has 2 heterocycles. The molecule has 0 saturated heterocycles. The fraction of sp³-hybridized carbons (Fsp3) is 0.200. The maximum Gasteiger partial charge on any atom is 0.203 e. The van der Waals surface area contributed by atoms with E-state index in [9.17, 15) is 0 Å². The Morgan fingerprint density at radius 3 is 2.38 bits per heavy atom. The van der Waals surface area contributed by atoms with Gasteiger partial charge in [-0.05, 0) is 26.1 Å². The summed E-state index contributed by atoms with van der Waals surface area (Å²) >= 11 is 0. The minimum atomic E-state index is 0.592. The van der Waals surface area contributed by atoms with Gasteiger partial charge in [-0.25, -0.2) is 4.98 Å². The van der Waals surface area contributed by atoms with E-state index in [0.29, 0.717) is 24.6 Å². The van der Waals surface area contributed by atoms with Crippen molar-refractivity contribution in [2.24, 2.45) is 4.99 Å². The van der Waals surface area contributed by atoms with E-state index in [1.807, 2.05) is 48.8 Å². The van der Waals surface area contributed by atoms with Crippen molar-refractivity contribution >= 4 is 23.9 Å². The molecular weight excluding hydrogens is 398 g/mol. The van der Waals surface area contributed by atoms with Crippen LogP contribution in [0, 0.1) is 6.92 Å². The van der Waals surface area contributed by atoms with E-state index < -0.39 is 0 Å². The van der Waals surface area contributed by atoms with Crippen LogP contribution in [0.4, 0.5) is 5.82 Å². The minimum Gasteiger partial charge on any atom is -0.370 e. The first-order valence-electron chi connectivity index (χ1n) is 10.5. The van der Waals surface area contributed by atoms with Gasteiger partial charge < -0.3 is 10.2 Å². The van der Waals surface area contributed by atoms with Gasteiger partial charge in [-0.3, -0.25) is 9.39 Å². The summed E-state index contributed by atoms with van der Waals surface area (Å²) in [5, 5.41) is 11.6. The molecule has 0 aliphatic carbocycles. The van der Waals surface area contributed by atoms with E-state index >= 15 is 0 Å². The standard InChI is InChI=1S/C25H27N7/c1-18(23(26-3)21-13-9-6-10-14-21)31(15-20-11-7-5-8-12-20)16-22-17-32-19(2)29-30-25(32)24(27-4)28-22/h5-14,17H,3,15-16H2,1-2,4H3,(H,27,28)/b23-18-. The number of hydrogen-bond acceptors (Lipinski definition) is 6. The molecule has 0 unspecified atom stereocenters. The second-order valence-electron chi connectivity index (χ2n) is 7.57. The number of hydrogen-bond donors (Lipinski definition) is 1. The third-order valence-corrected chi connectivity index (χ3v) is 5.44. The molecule has 4 aromatic rings. The summed E-state index contributed by atoms with van der Waals surface area (Å²) in [5.41, 5.74) is 5.75. The highest BCUT2D eigenvalue weighted by atomic mass is 15.3. The maximum atomic E-state index is 4.81. The molecule has 0 aliphatic rings. The lowest BCUT2D eigenvalue weighted by Gasteiger charge is -2.27. The number of anilines is 1. The number of aryl methyl sites for hydroxylation is 1. The number of aromatic nitrogens is 4. The molecule has 2 aromatic heterocycles. The number of allylic oxidation sites excluding steroid dienone is 1. The lowest BCUT2D eigenvalue weighted by atomic mass is 10.1. The zero-order valence-electron chi connectivity index (χ0n) is 18.7. The van der Waals surface area contributed by atoms with Crippen LogP contribution in [0.3, 0.4) is 0 Å². The van der Waals surface area contributed by atoms with Gasteiger partial charge in [0.15, 0.2) is 5.82 Å². The molecule has 2 aromatic carbocycles. The van der Waals surface area contributed by atoms with Gasteiger partial charge in [0.2, 0.25) is 5.65 Å². The van der Waals surface area contributed by atoms with Crippen molar-refractivity contribution < 1.29 is 0 Å². The van der Waals surface area contributed by atoms with Gasteiger partial charge in [-0.2, -0.15) is 0 Å². The van der Waals surface area contributed by atoms with Crippen LogP contribution in [0.1, 0.15) is 29.6 Å². The minimum absolute atomic E-state index is 0.592. The van der Waals surface area contributed by atoms with Crippen molar-refractivity contribution in [1.29, 1.82) is 0 Å². The van der Waals surface area contributed by atoms with Gasteiger partial charge in [0.05, 0.1) is 17.9 Å². The average Bonchev–Trinajstić information content (AvgIpc) is 3.20. The predicted molar refractivity (Wildman–Crippen MR) is 129 cm³/mol. The second-order valence-corrected chi connectivity index (χ2v) is 7.57. The monoisotopic (exact) mass is 425 g/mol. The van der Waals surface area contributed by atoms with E-state index in [1.165, 1.54) is 5.56 Å². The van der Waals surface area contributed by atoms with Crippen molar-refractivity contribution in [3.8, 4) is 0 Å². The summed E-state index contributed by atoms with van der Waals surface area (Å²) in [7, 11) is 1.85. The first-order chi connectivity index (χ1) is 15.6. The van der Waals surface area contributed by atoms with E-state index in [0.717, 1.165) is 28.5 Å². The number of nitrogens with one attached hydrogen (secondary N) is 1. The molecule has 0 saturated carbocycles. The number of rotatable bonds is 8. The molecule has 0 spiro atoms. The largest absolute Gasteiger partial charge is 0.370 e. The van der Waals surface area contributed by atoms with Gasteiger partial charge in [-0.1, -0.05) is 60.7 Å². The van der Waals surface area contributed by atoms with Crippen LogP contribution in [0.5, 0.6) is 0 Å². The summed E-state index contributed by atoms with van der Waals surface area (Å²) in [5.74, 6) is 1.52. The molecule has 162 valence electrons. The molecule has 4 rings (SSSR count). The van der Waals surface area contributed by atoms with Crippen LogP contribution in [0.15, 0.2) is 77.5 Å². The van der Waals surface area contributed by atoms with Gasteiger partial charge >= 0.3 is 0 Å². The zero-order chi connectivity index (χ0) is 22.5. The SMILES string of the molecule is C=N/C(=C(/C)N(Cc1ccccc1)Cc1cn2c(C)nnc2c(NC)n1)c1ccccc1. The molecule has 0 atom stereocenters. The molecule has 7 nitrogen and oxygen atoms in total. The van der Waals surface area contributed by atoms with Crippen molar-refractivity contribution in [3.63, 3.8) is 0 Å². The summed E-state index contributed by atoms with van der Waals surface area (Å²) in [6, 6.07) is 20.5. The van der Waals surface area contributed by atoms with Gasteiger partial charge in [0.25, 0.3) is 0 Å². The number of fused-ring (bicyclic) bond motifs is 1. The Kier molecular flexibility index (Phi) is 6.26. The van der Waals surface area contributed by atoms with Gasteiger partial charge in [0, 0.05) is 31.0 Å². The third-order valence-electron chi connectivity index (χ3n) is 5.44. The first kappa shape index (κ1) is 21.2. The van der Waals surface area contributed by atoms with E-state index in [4.69, 9.17) is 4.98 Å². The third kappa shape index (κ3) is 4.37. The Morgan fingerprint density at radius 2 is 1.72 bits per heavy atom. The number of nitrogens with zero attached hydrogens (tertiary/aromatic N) is 6. The van der Waals surface area contributed by atoms with Crippen LogP contribution in [-0.4, -0.2) is 38.2 Å². The summed E-state index contributed by atoms with van der Waals surface area (Å²) in [4.78, 5) is 11.5. The smallest absolute Gasteiger partial charge is 0.203 e. The highest BCUT2D eigenvalue weighted by molar-refractivity contribution is 5.70. The van der Waals surface area contributed by atoms with E-state index in [-0.39, 0.29) is 0 Å². The highest BCUT2D eigenvalue weighted by Gasteiger charge is 2.16. The zero-order valence-corrected chi connectivity index (χ0v) is 18.7. The molecule has 0 amide bonds. The Bertz CT molecular complexity index is 1240. The lowest BCUT2D eigenvalue weighted by molar-refractivity contribution is 0.326. The van der Waals surface area contributed by atoms with Crippen molar-refractivity contribution in [1.82, 2.24) is 24.5 Å². The number of benzene rings is 2. The van der Waals surface area contributed by atoms with Crippen LogP contribution in [-0.2, 0) is 13.1 Å². The molecule has 32 heavy (non-hydrogen) atoms. The lowest BCUT2D eigenvalue weighted by Crippen LogP contribution is -2.23. The van der Waals surface area contributed by atoms with Crippen molar-refractivity contribution in [2.45, 2.75) is 26.9 Å². The van der Waals surface area contributed by atoms with Gasteiger partial charge in [-0.15, -0.1) is 10.2 Å². The Labute approximate surface area is 188 Å². The molecule has 0 aliphatic heterocycles. The fourth-order valence-electron chi connectivity index (χ4n) is 3.75. The Hall–Kier alpha value is -4.00. The van der Waals surface area contributed by atoms with Crippen LogP contribution in [0.25, 0.3) is 11.3 Å². The Balaban J connectivity index is 1.78. The van der Waals surface area contributed by atoms with Crippen molar-refractivity contribution in [3.05, 3.63) is 95.2 Å². The second kappa shape index (κ2) is 9.43. The summed E-state index contributed by atoms with van der Waals surface area (Å²) in [6.07, 6.45) is 2.00. The number of aliphatic imine (C=N–C) groups is 1. The first-order valence-corrected chi connectivity index (χ1v) is 10.5. The van der Waals surface area contributed by atoms with Crippen molar-refractivity contribution in [2.75, 3.05) is 12.4 Å². The maximum absolute atomic E-state index is 4.81. The summed E-state index contributed by atoms with van der Waals surface area (Å²) < 4.78 is 1.97.